The molecule has 0 radical (unpaired) electrons. The van der Waals surface area contributed by atoms with Gasteiger partial charge in [0.15, 0.2) is 0 Å². The van der Waals surface area contributed by atoms with Gasteiger partial charge in [-0.15, -0.1) is 0 Å². The van der Waals surface area contributed by atoms with Crippen LogP contribution in [0.2, 0.25) is 0 Å². The molecule has 0 fully saturated rings. The number of carbonyl (C=O) groups excluding carboxylic acids is 1. The van der Waals surface area contributed by atoms with E-state index in [0.717, 1.165) is 5.57 Å². The fourth-order valence-corrected chi connectivity index (χ4v) is 2.14. The van der Waals surface area contributed by atoms with E-state index in [9.17, 15) is 4.79 Å². The molecule has 0 spiro atoms. The summed E-state index contributed by atoms with van der Waals surface area (Å²) in [6.45, 7) is 1.67. The lowest BCUT2D eigenvalue weighted by Crippen LogP contribution is -2.43. The number of hydrogen-bond acceptors (Lipinski definition) is 5. The Bertz CT molecular complexity index is 390. The lowest BCUT2D eigenvalue weighted by Gasteiger charge is -2.35. The Morgan fingerprint density at radius 1 is 1.42 bits per heavy atom. The zero-order valence-electron chi connectivity index (χ0n) is 11.6. The second-order valence-corrected chi connectivity index (χ2v) is 4.61. The molecule has 5 nitrogen and oxygen atoms in total. The van der Waals surface area contributed by atoms with Gasteiger partial charge in [0, 0.05) is 27.6 Å². The molecule has 2 unspecified atom stereocenters. The smallest absolute Gasteiger partial charge is 0.302 e. The Balaban J connectivity index is 2.84. The van der Waals surface area contributed by atoms with Crippen LogP contribution >= 0.6 is 11.6 Å². The number of hydrogen-bond donors (Lipinski definition) is 0. The molecule has 0 bridgehead atoms. The van der Waals surface area contributed by atoms with Gasteiger partial charge >= 0.3 is 5.97 Å². The molecule has 0 N–H and O–H groups in total. The predicted molar refractivity (Wildman–Crippen MR) is 70.8 cm³/mol. The van der Waals surface area contributed by atoms with Crippen LogP contribution in [0.3, 0.4) is 0 Å². The molecule has 0 aliphatic heterocycles. The van der Waals surface area contributed by atoms with Crippen LogP contribution in [-0.2, 0) is 23.7 Å². The Labute approximate surface area is 118 Å². The molecule has 0 aromatic rings. The largest absolute Gasteiger partial charge is 0.497 e. The first kappa shape index (κ1) is 16.0. The quantitative estimate of drug-likeness (QED) is 0.553. The van der Waals surface area contributed by atoms with Gasteiger partial charge < -0.3 is 18.9 Å². The van der Waals surface area contributed by atoms with Crippen molar-refractivity contribution in [2.24, 2.45) is 0 Å². The third kappa shape index (κ3) is 3.72. The van der Waals surface area contributed by atoms with Crippen molar-refractivity contribution in [3.63, 3.8) is 0 Å². The molecule has 2 atom stereocenters. The monoisotopic (exact) mass is 290 g/mol. The van der Waals surface area contributed by atoms with Crippen LogP contribution in [-0.4, -0.2) is 45.1 Å². The van der Waals surface area contributed by atoms with E-state index < -0.39 is 11.2 Å². The highest BCUT2D eigenvalue weighted by molar-refractivity contribution is 6.25. The van der Waals surface area contributed by atoms with Gasteiger partial charge in [0.2, 0.25) is 5.06 Å². The highest BCUT2D eigenvalue weighted by Gasteiger charge is 2.44. The molecule has 1 aliphatic carbocycles. The summed E-state index contributed by atoms with van der Waals surface area (Å²) in [5.41, 5.74) is 0.915. The van der Waals surface area contributed by atoms with Crippen molar-refractivity contribution >= 4 is 17.6 Å². The van der Waals surface area contributed by atoms with Crippen molar-refractivity contribution in [2.75, 3.05) is 27.9 Å². The van der Waals surface area contributed by atoms with Crippen LogP contribution in [0, 0.1) is 0 Å². The van der Waals surface area contributed by atoms with Gasteiger partial charge in [-0.05, 0) is 17.7 Å². The molecule has 6 heteroatoms. The Morgan fingerprint density at radius 3 is 2.58 bits per heavy atom. The normalized spacial score (nSPS) is 26.5. The Hall–Kier alpha value is -1.04. The van der Waals surface area contributed by atoms with Gasteiger partial charge in [0.25, 0.3) is 0 Å². The summed E-state index contributed by atoms with van der Waals surface area (Å²) in [5.74, 6) is 0.156. The van der Waals surface area contributed by atoms with E-state index in [-0.39, 0.29) is 5.97 Å². The lowest BCUT2D eigenvalue weighted by molar-refractivity contribution is -0.140. The summed E-state index contributed by atoms with van der Waals surface area (Å²) in [7, 11) is 4.55. The van der Waals surface area contributed by atoms with Crippen molar-refractivity contribution in [1.82, 2.24) is 0 Å². The maximum atomic E-state index is 10.7. The van der Waals surface area contributed by atoms with Crippen molar-refractivity contribution < 1.29 is 23.7 Å². The van der Waals surface area contributed by atoms with E-state index in [4.69, 9.17) is 30.5 Å². The van der Waals surface area contributed by atoms with Gasteiger partial charge in [-0.25, -0.2) is 0 Å². The summed E-state index contributed by atoms with van der Waals surface area (Å²) < 4.78 is 20.8. The minimum Gasteiger partial charge on any atom is -0.497 e. The van der Waals surface area contributed by atoms with Gasteiger partial charge in [0.05, 0.1) is 13.7 Å². The first-order valence-corrected chi connectivity index (χ1v) is 6.22. The molecule has 1 aliphatic rings. The van der Waals surface area contributed by atoms with Crippen LogP contribution in [0.25, 0.3) is 0 Å². The number of alkyl halides is 1. The highest BCUT2D eigenvalue weighted by atomic mass is 35.5. The minimum atomic E-state index is -1.17. The molecule has 1 rings (SSSR count). The molecule has 0 saturated carbocycles. The maximum Gasteiger partial charge on any atom is 0.302 e. The second-order valence-electron chi connectivity index (χ2n) is 4.05. The standard InChI is InChI=1S/C13H19ClO5/c1-9(15)19-6-5-10-7-11(16-2)13(14,18-4)12(8-10)17-3/h7-8,11H,5-6H2,1-4H3. The maximum absolute atomic E-state index is 10.7. The van der Waals surface area contributed by atoms with Gasteiger partial charge in [0.1, 0.15) is 11.9 Å². The number of carbonyl (C=O) groups is 1. The minimum absolute atomic E-state index is 0.299. The first-order chi connectivity index (χ1) is 8.97. The van der Waals surface area contributed by atoms with Gasteiger partial charge in [-0.2, -0.15) is 0 Å². The third-order valence-corrected chi connectivity index (χ3v) is 3.41. The van der Waals surface area contributed by atoms with Crippen LogP contribution < -0.4 is 0 Å². The van der Waals surface area contributed by atoms with Crippen LogP contribution in [0.1, 0.15) is 13.3 Å². The van der Waals surface area contributed by atoms with E-state index in [2.05, 4.69) is 0 Å². The molecule has 108 valence electrons. The van der Waals surface area contributed by atoms with Crippen LogP contribution in [0.15, 0.2) is 23.5 Å². The number of allylic oxidation sites excluding steroid dienone is 1. The van der Waals surface area contributed by atoms with Crippen molar-refractivity contribution in [3.8, 4) is 0 Å². The number of methoxy groups -OCH3 is 3. The second kappa shape index (κ2) is 6.93. The van der Waals surface area contributed by atoms with E-state index in [1.54, 1.807) is 13.2 Å². The molecule has 0 amide bonds. The lowest BCUT2D eigenvalue weighted by atomic mass is 9.97. The fraction of sp³-hybridized carbons (Fsp3) is 0.615. The van der Waals surface area contributed by atoms with E-state index in [1.807, 2.05) is 6.08 Å². The van der Waals surface area contributed by atoms with E-state index >= 15 is 0 Å². The zero-order chi connectivity index (χ0) is 14.5. The molecular weight excluding hydrogens is 272 g/mol. The summed E-state index contributed by atoms with van der Waals surface area (Å²) in [6.07, 6.45) is 3.69. The predicted octanol–water partition coefficient (Wildman–Crippen LogP) is 2.01. The van der Waals surface area contributed by atoms with Gasteiger partial charge in [-0.3, -0.25) is 4.79 Å². The summed E-state index contributed by atoms with van der Waals surface area (Å²) >= 11 is 6.37. The van der Waals surface area contributed by atoms with Crippen LogP contribution in [0.5, 0.6) is 0 Å². The Kier molecular flexibility index (Phi) is 5.85. The SMILES string of the molecule is COC1=CC(CCOC(C)=O)=CC(OC)C1(Cl)OC. The van der Waals surface area contributed by atoms with E-state index in [0.29, 0.717) is 18.8 Å². The molecule has 0 saturated heterocycles. The topological polar surface area (TPSA) is 54.0 Å². The molecular formula is C13H19ClO5. The first-order valence-electron chi connectivity index (χ1n) is 5.85. The molecule has 0 aromatic heterocycles. The molecule has 0 aromatic carbocycles. The van der Waals surface area contributed by atoms with Crippen molar-refractivity contribution in [1.29, 1.82) is 0 Å². The molecule has 19 heavy (non-hydrogen) atoms. The fourth-order valence-electron chi connectivity index (χ4n) is 1.86. The Morgan fingerprint density at radius 2 is 2.11 bits per heavy atom. The number of halogens is 1. The van der Waals surface area contributed by atoms with E-state index in [1.165, 1.54) is 21.1 Å². The summed E-state index contributed by atoms with van der Waals surface area (Å²) in [6, 6.07) is 0. The number of ether oxygens (including phenoxy) is 4. The average Bonchev–Trinajstić information content (AvgIpc) is 2.39. The van der Waals surface area contributed by atoms with Crippen molar-refractivity contribution in [2.45, 2.75) is 24.5 Å². The third-order valence-electron chi connectivity index (χ3n) is 2.85. The van der Waals surface area contributed by atoms with Crippen LogP contribution in [0.4, 0.5) is 0 Å². The summed E-state index contributed by atoms with van der Waals surface area (Å²) in [4.78, 5) is 10.7. The molecule has 0 heterocycles. The van der Waals surface area contributed by atoms with Crippen molar-refractivity contribution in [3.05, 3.63) is 23.5 Å². The number of esters is 1. The van der Waals surface area contributed by atoms with Gasteiger partial charge in [-0.1, -0.05) is 11.6 Å². The average molecular weight is 291 g/mol. The zero-order valence-corrected chi connectivity index (χ0v) is 12.3. The number of rotatable bonds is 6. The summed E-state index contributed by atoms with van der Waals surface area (Å²) in [5, 5.41) is -1.17. The highest BCUT2D eigenvalue weighted by Crippen LogP contribution is 2.37.